The van der Waals surface area contributed by atoms with Crippen LogP contribution in [0.25, 0.3) is 0 Å². The number of aromatic nitrogens is 3. The molecule has 2 aromatic rings. The summed E-state index contributed by atoms with van der Waals surface area (Å²) in [5.74, 6) is -1.94. The van der Waals surface area contributed by atoms with Gasteiger partial charge >= 0.3 is 0 Å². The van der Waals surface area contributed by atoms with E-state index in [1.165, 1.54) is 4.68 Å². The third-order valence-electron chi connectivity index (χ3n) is 4.10. The quantitative estimate of drug-likeness (QED) is 0.845. The first-order valence-corrected chi connectivity index (χ1v) is 8.31. The van der Waals surface area contributed by atoms with Gasteiger partial charge in [0, 0.05) is 18.2 Å². The molecule has 0 saturated carbocycles. The van der Waals surface area contributed by atoms with Crippen LogP contribution in [0.4, 0.5) is 8.78 Å². The van der Waals surface area contributed by atoms with Gasteiger partial charge in [-0.2, -0.15) is 0 Å². The van der Waals surface area contributed by atoms with Crippen LogP contribution >= 0.6 is 0 Å². The highest BCUT2D eigenvalue weighted by atomic mass is 19.1. The maximum Gasteiger partial charge on any atom is 0.274 e. The van der Waals surface area contributed by atoms with Gasteiger partial charge < -0.3 is 10.6 Å². The SMILES string of the molecule is CC(C)C[C@H]1Cn2nnc(C(=O)NCc3cc(F)ccc3F)c2C(=O)N1. The molecule has 1 atom stereocenters. The van der Waals surface area contributed by atoms with Crippen LogP contribution in [0.1, 0.15) is 46.8 Å². The van der Waals surface area contributed by atoms with E-state index < -0.39 is 23.4 Å². The molecule has 2 N–H and O–H groups in total. The Bertz CT molecular complexity index is 850. The number of nitrogens with one attached hydrogen (secondary N) is 2. The maximum absolute atomic E-state index is 13.6. The van der Waals surface area contributed by atoms with Crippen LogP contribution in [0.2, 0.25) is 0 Å². The van der Waals surface area contributed by atoms with Crippen molar-refractivity contribution in [3.05, 3.63) is 46.8 Å². The lowest BCUT2D eigenvalue weighted by molar-refractivity contribution is 0.0869. The van der Waals surface area contributed by atoms with E-state index in [0.29, 0.717) is 12.5 Å². The summed E-state index contributed by atoms with van der Waals surface area (Å²) in [6.45, 7) is 4.30. The number of hydrogen-bond donors (Lipinski definition) is 2. The highest BCUT2D eigenvalue weighted by Crippen LogP contribution is 2.16. The zero-order valence-electron chi connectivity index (χ0n) is 14.4. The Morgan fingerprint density at radius 3 is 2.92 bits per heavy atom. The van der Waals surface area contributed by atoms with Crippen LogP contribution in [0.3, 0.4) is 0 Å². The number of rotatable bonds is 5. The highest BCUT2D eigenvalue weighted by molar-refractivity contribution is 6.05. The molecule has 1 aliphatic rings. The summed E-state index contributed by atoms with van der Waals surface area (Å²) in [4.78, 5) is 24.7. The maximum atomic E-state index is 13.6. The summed E-state index contributed by atoms with van der Waals surface area (Å²) in [7, 11) is 0. The molecule has 0 unspecified atom stereocenters. The topological polar surface area (TPSA) is 88.9 Å². The fourth-order valence-electron chi connectivity index (χ4n) is 2.97. The first-order chi connectivity index (χ1) is 12.3. The van der Waals surface area contributed by atoms with Crippen molar-refractivity contribution in [3.63, 3.8) is 0 Å². The van der Waals surface area contributed by atoms with Crippen LogP contribution in [0.15, 0.2) is 18.2 Å². The molecular weight excluding hydrogens is 344 g/mol. The molecule has 0 radical (unpaired) electrons. The molecule has 138 valence electrons. The standard InChI is InChI=1S/C17H19F2N5O2/c1-9(2)5-12-8-24-15(17(26)21-12)14(22-23-24)16(25)20-7-10-6-11(18)3-4-13(10)19/h3-4,6,9,12H,5,7-8H2,1-2H3,(H,20,25)(H,21,26)/t12-/m0/s1. The number of amides is 2. The zero-order valence-corrected chi connectivity index (χ0v) is 14.4. The minimum Gasteiger partial charge on any atom is -0.346 e. The van der Waals surface area contributed by atoms with E-state index in [0.717, 1.165) is 24.6 Å². The van der Waals surface area contributed by atoms with Crippen molar-refractivity contribution in [1.29, 1.82) is 0 Å². The van der Waals surface area contributed by atoms with Gasteiger partial charge in [-0.05, 0) is 30.5 Å². The van der Waals surface area contributed by atoms with Crippen molar-refractivity contribution >= 4 is 11.8 Å². The molecule has 3 rings (SSSR count). The molecule has 0 saturated heterocycles. The molecule has 0 aliphatic carbocycles. The predicted octanol–water partition coefficient (Wildman–Crippen LogP) is 1.64. The molecule has 1 aromatic heterocycles. The minimum absolute atomic E-state index is 0.000773. The zero-order chi connectivity index (χ0) is 18.8. The number of benzene rings is 1. The van der Waals surface area contributed by atoms with Crippen molar-refractivity contribution in [2.75, 3.05) is 0 Å². The van der Waals surface area contributed by atoms with Crippen LogP contribution in [0, 0.1) is 17.6 Å². The predicted molar refractivity (Wildman–Crippen MR) is 88.3 cm³/mol. The third kappa shape index (κ3) is 3.71. The second-order valence-electron chi connectivity index (χ2n) is 6.69. The van der Waals surface area contributed by atoms with Gasteiger partial charge in [-0.1, -0.05) is 19.1 Å². The monoisotopic (exact) mass is 363 g/mol. The van der Waals surface area contributed by atoms with Gasteiger partial charge in [0.15, 0.2) is 11.4 Å². The van der Waals surface area contributed by atoms with Gasteiger partial charge in [0.1, 0.15) is 11.6 Å². The first kappa shape index (κ1) is 18.0. The van der Waals surface area contributed by atoms with Crippen molar-refractivity contribution in [2.24, 2.45) is 5.92 Å². The van der Waals surface area contributed by atoms with E-state index in [-0.39, 0.29) is 29.5 Å². The van der Waals surface area contributed by atoms with Gasteiger partial charge in [-0.3, -0.25) is 9.59 Å². The lowest BCUT2D eigenvalue weighted by atomic mass is 10.0. The van der Waals surface area contributed by atoms with E-state index >= 15 is 0 Å². The summed E-state index contributed by atoms with van der Waals surface area (Å²) in [5, 5.41) is 13.0. The smallest absolute Gasteiger partial charge is 0.274 e. The van der Waals surface area contributed by atoms with Gasteiger partial charge in [0.25, 0.3) is 11.8 Å². The summed E-state index contributed by atoms with van der Waals surface area (Å²) in [5.41, 5.74) is -0.0645. The molecule has 7 nitrogen and oxygen atoms in total. The second-order valence-corrected chi connectivity index (χ2v) is 6.69. The van der Waals surface area contributed by atoms with Crippen LogP contribution in [0.5, 0.6) is 0 Å². The fraction of sp³-hybridized carbons (Fsp3) is 0.412. The van der Waals surface area contributed by atoms with Crippen molar-refractivity contribution in [1.82, 2.24) is 25.6 Å². The van der Waals surface area contributed by atoms with E-state index in [4.69, 9.17) is 0 Å². The summed E-state index contributed by atoms with van der Waals surface area (Å²) in [6, 6.07) is 2.90. The molecule has 9 heteroatoms. The van der Waals surface area contributed by atoms with Crippen molar-refractivity contribution in [3.8, 4) is 0 Å². The van der Waals surface area contributed by atoms with Gasteiger partial charge in [0.05, 0.1) is 6.54 Å². The Labute approximate surface area is 148 Å². The Kier molecular flexibility index (Phi) is 4.97. The summed E-state index contributed by atoms with van der Waals surface area (Å²) < 4.78 is 28.2. The molecule has 1 aliphatic heterocycles. The Morgan fingerprint density at radius 1 is 1.42 bits per heavy atom. The molecule has 26 heavy (non-hydrogen) atoms. The Hall–Kier alpha value is -2.84. The first-order valence-electron chi connectivity index (χ1n) is 8.31. The molecule has 0 spiro atoms. The van der Waals surface area contributed by atoms with Crippen LogP contribution in [-0.4, -0.2) is 32.9 Å². The number of halogens is 2. The average Bonchev–Trinajstić information content (AvgIpc) is 2.99. The Morgan fingerprint density at radius 2 is 2.19 bits per heavy atom. The second kappa shape index (κ2) is 7.19. The third-order valence-corrected chi connectivity index (χ3v) is 4.10. The fourth-order valence-corrected chi connectivity index (χ4v) is 2.97. The van der Waals surface area contributed by atoms with Gasteiger partial charge in [-0.15, -0.1) is 5.10 Å². The summed E-state index contributed by atoms with van der Waals surface area (Å²) >= 11 is 0. The lowest BCUT2D eigenvalue weighted by Gasteiger charge is -2.25. The van der Waals surface area contributed by atoms with E-state index in [1.807, 2.05) is 13.8 Å². The summed E-state index contributed by atoms with van der Waals surface area (Å²) in [6.07, 6.45) is 0.783. The van der Waals surface area contributed by atoms with Crippen LogP contribution < -0.4 is 10.6 Å². The number of nitrogens with zero attached hydrogens (tertiary/aromatic N) is 3. The van der Waals surface area contributed by atoms with Crippen LogP contribution in [-0.2, 0) is 13.1 Å². The Balaban J connectivity index is 1.73. The molecule has 2 amide bonds. The lowest BCUT2D eigenvalue weighted by Crippen LogP contribution is -2.46. The van der Waals surface area contributed by atoms with Gasteiger partial charge in [0.2, 0.25) is 0 Å². The number of fused-ring (bicyclic) bond motifs is 1. The largest absolute Gasteiger partial charge is 0.346 e. The van der Waals surface area contributed by atoms with E-state index in [2.05, 4.69) is 20.9 Å². The molecular formula is C17H19F2N5O2. The molecule has 1 aromatic carbocycles. The number of carbonyl (C=O) groups is 2. The highest BCUT2D eigenvalue weighted by Gasteiger charge is 2.32. The van der Waals surface area contributed by atoms with E-state index in [1.54, 1.807) is 0 Å². The molecule has 0 bridgehead atoms. The van der Waals surface area contributed by atoms with E-state index in [9.17, 15) is 18.4 Å². The normalized spacial score (nSPS) is 16.3. The van der Waals surface area contributed by atoms with Crippen molar-refractivity contribution < 1.29 is 18.4 Å². The minimum atomic E-state index is -0.674. The average molecular weight is 363 g/mol. The molecule has 2 heterocycles. The number of hydrogen-bond acceptors (Lipinski definition) is 4. The van der Waals surface area contributed by atoms with Crippen molar-refractivity contribution in [2.45, 2.75) is 39.4 Å². The number of carbonyl (C=O) groups excluding carboxylic acids is 2. The van der Waals surface area contributed by atoms with Gasteiger partial charge in [-0.25, -0.2) is 13.5 Å². The molecule has 0 fully saturated rings.